The van der Waals surface area contributed by atoms with Gasteiger partial charge in [0.2, 0.25) is 0 Å². The van der Waals surface area contributed by atoms with Crippen molar-refractivity contribution in [1.82, 2.24) is 5.32 Å². The lowest BCUT2D eigenvalue weighted by Gasteiger charge is -2.37. The number of carboxylic acids is 1. The molecule has 0 aliphatic carbocycles. The lowest BCUT2D eigenvalue weighted by molar-refractivity contribution is -0.140. The van der Waals surface area contributed by atoms with Crippen LogP contribution < -0.4 is 5.32 Å². The zero-order valence-electron chi connectivity index (χ0n) is 9.81. The van der Waals surface area contributed by atoms with Crippen LogP contribution in [0.1, 0.15) is 25.3 Å². The van der Waals surface area contributed by atoms with E-state index in [1.54, 1.807) is 18.2 Å². The highest BCUT2D eigenvalue weighted by Crippen LogP contribution is 2.36. The molecule has 4 heteroatoms. The van der Waals surface area contributed by atoms with E-state index in [0.717, 1.165) is 12.0 Å². The van der Waals surface area contributed by atoms with Crippen LogP contribution >= 0.6 is 0 Å². The summed E-state index contributed by atoms with van der Waals surface area (Å²) in [6, 6.07) is 6.60. The van der Waals surface area contributed by atoms with Crippen LogP contribution in [0.25, 0.3) is 0 Å². The minimum Gasteiger partial charge on any atom is -0.508 e. The van der Waals surface area contributed by atoms with Crippen LogP contribution in [0.15, 0.2) is 24.3 Å². The summed E-state index contributed by atoms with van der Waals surface area (Å²) < 4.78 is 0. The third-order valence-electron chi connectivity index (χ3n) is 3.56. The van der Waals surface area contributed by atoms with Crippen LogP contribution in [-0.2, 0) is 10.2 Å². The topological polar surface area (TPSA) is 69.6 Å². The van der Waals surface area contributed by atoms with Gasteiger partial charge in [0, 0.05) is 0 Å². The minimum atomic E-state index is -0.809. The molecule has 92 valence electrons. The predicted molar refractivity (Wildman–Crippen MR) is 64.1 cm³/mol. The van der Waals surface area contributed by atoms with Crippen LogP contribution in [0.4, 0.5) is 0 Å². The Morgan fingerprint density at radius 3 is 2.94 bits per heavy atom. The molecule has 0 spiro atoms. The van der Waals surface area contributed by atoms with E-state index in [1.807, 2.05) is 6.07 Å². The zero-order chi connectivity index (χ0) is 12.5. The van der Waals surface area contributed by atoms with Crippen molar-refractivity contribution in [3.05, 3.63) is 29.8 Å². The van der Waals surface area contributed by atoms with Crippen molar-refractivity contribution in [1.29, 1.82) is 0 Å². The van der Waals surface area contributed by atoms with Crippen LogP contribution in [0, 0.1) is 0 Å². The Morgan fingerprint density at radius 2 is 2.29 bits per heavy atom. The van der Waals surface area contributed by atoms with Gasteiger partial charge in [-0.1, -0.05) is 19.1 Å². The van der Waals surface area contributed by atoms with E-state index in [4.69, 9.17) is 5.11 Å². The lowest BCUT2D eigenvalue weighted by Crippen LogP contribution is -2.48. The number of nitrogens with one attached hydrogen (secondary N) is 1. The number of carboxylic acid groups (broad SMARTS) is 1. The molecule has 1 aromatic carbocycles. The summed E-state index contributed by atoms with van der Waals surface area (Å²) in [7, 11) is 0. The zero-order valence-corrected chi connectivity index (χ0v) is 9.81. The second-order valence-electron chi connectivity index (χ2n) is 4.91. The summed E-state index contributed by atoms with van der Waals surface area (Å²) >= 11 is 0. The first-order valence-corrected chi connectivity index (χ1v) is 5.77. The highest BCUT2D eigenvalue weighted by atomic mass is 16.4. The summed E-state index contributed by atoms with van der Waals surface area (Å²) in [6.07, 6.45) is 1.42. The number of hydrogen-bond acceptors (Lipinski definition) is 3. The molecule has 17 heavy (non-hydrogen) atoms. The first-order valence-electron chi connectivity index (χ1n) is 5.77. The second-order valence-corrected chi connectivity index (χ2v) is 4.91. The number of phenolic OH excluding ortho intramolecular Hbond substituents is 1. The van der Waals surface area contributed by atoms with Crippen molar-refractivity contribution in [3.8, 4) is 5.75 Å². The number of carbonyl (C=O) groups is 1. The molecule has 1 saturated heterocycles. The number of rotatable bonds is 2. The smallest absolute Gasteiger partial charge is 0.320 e. The van der Waals surface area contributed by atoms with E-state index < -0.39 is 12.0 Å². The fourth-order valence-corrected chi connectivity index (χ4v) is 2.47. The molecule has 0 unspecified atom stereocenters. The molecule has 3 N–H and O–H groups in total. The Morgan fingerprint density at radius 1 is 1.53 bits per heavy atom. The molecular formula is C13H17NO3. The lowest BCUT2D eigenvalue weighted by atomic mass is 9.72. The van der Waals surface area contributed by atoms with Gasteiger partial charge in [-0.3, -0.25) is 4.79 Å². The van der Waals surface area contributed by atoms with Gasteiger partial charge in [-0.15, -0.1) is 0 Å². The fraction of sp³-hybridized carbons (Fsp3) is 0.462. The Bertz CT molecular complexity index is 432. The maximum atomic E-state index is 11.0. The maximum absolute atomic E-state index is 11.0. The Balaban J connectivity index is 2.26. The number of piperidine rings is 1. The molecule has 1 fully saturated rings. The largest absolute Gasteiger partial charge is 0.508 e. The van der Waals surface area contributed by atoms with Crippen molar-refractivity contribution in [3.63, 3.8) is 0 Å². The number of aliphatic carboxylic acids is 1. The summed E-state index contributed by atoms with van der Waals surface area (Å²) in [5.74, 6) is -0.579. The van der Waals surface area contributed by atoms with Crippen LogP contribution in [0.5, 0.6) is 5.75 Å². The molecule has 2 rings (SSSR count). The van der Waals surface area contributed by atoms with Crippen molar-refractivity contribution in [2.75, 3.05) is 6.54 Å². The third kappa shape index (κ3) is 2.42. The van der Waals surface area contributed by atoms with Crippen molar-refractivity contribution < 1.29 is 15.0 Å². The van der Waals surface area contributed by atoms with E-state index in [1.165, 1.54) is 0 Å². The van der Waals surface area contributed by atoms with Gasteiger partial charge < -0.3 is 15.5 Å². The quantitative estimate of drug-likeness (QED) is 0.726. The Hall–Kier alpha value is -1.55. The highest BCUT2D eigenvalue weighted by molar-refractivity contribution is 5.74. The van der Waals surface area contributed by atoms with Crippen LogP contribution in [0.3, 0.4) is 0 Å². The summed E-state index contributed by atoms with van der Waals surface area (Å²) in [4.78, 5) is 11.0. The molecule has 0 saturated carbocycles. The minimum absolute atomic E-state index is 0.187. The average molecular weight is 235 g/mol. The first kappa shape index (κ1) is 11.9. The monoisotopic (exact) mass is 235 g/mol. The number of aromatic hydroxyl groups is 1. The molecule has 1 heterocycles. The van der Waals surface area contributed by atoms with Gasteiger partial charge in [0.15, 0.2) is 0 Å². The standard InChI is InChI=1S/C13H17NO3/c1-13(9-3-2-4-10(15)7-9)5-6-14-11(8-13)12(16)17/h2-4,7,11,14-15H,5-6,8H2,1H3,(H,16,17)/t11-,13-/m1/s1. The molecule has 0 radical (unpaired) electrons. The van der Waals surface area contributed by atoms with Gasteiger partial charge in [0.25, 0.3) is 0 Å². The molecule has 1 aliphatic heterocycles. The molecule has 0 aromatic heterocycles. The molecule has 2 atom stereocenters. The van der Waals surface area contributed by atoms with E-state index >= 15 is 0 Å². The van der Waals surface area contributed by atoms with Crippen LogP contribution in [-0.4, -0.2) is 28.8 Å². The molecular weight excluding hydrogens is 218 g/mol. The summed E-state index contributed by atoms with van der Waals surface area (Å²) in [6.45, 7) is 2.74. The van der Waals surface area contributed by atoms with E-state index in [0.29, 0.717) is 13.0 Å². The SMILES string of the molecule is C[C@@]1(c2cccc(O)c2)CCN[C@@H](C(=O)O)C1. The van der Waals surface area contributed by atoms with Gasteiger partial charge in [-0.2, -0.15) is 0 Å². The maximum Gasteiger partial charge on any atom is 0.320 e. The highest BCUT2D eigenvalue weighted by Gasteiger charge is 2.36. The second kappa shape index (κ2) is 4.37. The Kier molecular flexibility index (Phi) is 3.07. The third-order valence-corrected chi connectivity index (χ3v) is 3.56. The summed E-state index contributed by atoms with van der Waals surface area (Å²) in [5.41, 5.74) is 0.817. The van der Waals surface area contributed by atoms with Gasteiger partial charge >= 0.3 is 5.97 Å². The van der Waals surface area contributed by atoms with Gasteiger partial charge in [0.1, 0.15) is 11.8 Å². The fourth-order valence-electron chi connectivity index (χ4n) is 2.47. The normalized spacial score (nSPS) is 28.9. The van der Waals surface area contributed by atoms with Crippen molar-refractivity contribution >= 4 is 5.97 Å². The molecule has 1 aliphatic rings. The van der Waals surface area contributed by atoms with Gasteiger partial charge in [-0.05, 0) is 42.5 Å². The summed E-state index contributed by atoms with van der Waals surface area (Å²) in [5, 5.41) is 21.6. The van der Waals surface area contributed by atoms with E-state index in [-0.39, 0.29) is 11.2 Å². The van der Waals surface area contributed by atoms with E-state index in [9.17, 15) is 9.90 Å². The molecule has 4 nitrogen and oxygen atoms in total. The van der Waals surface area contributed by atoms with E-state index in [2.05, 4.69) is 12.2 Å². The Labute approximate surface area is 100 Å². The number of phenols is 1. The van der Waals surface area contributed by atoms with Crippen LogP contribution in [0.2, 0.25) is 0 Å². The number of hydrogen-bond donors (Lipinski definition) is 3. The first-order chi connectivity index (χ1) is 8.01. The number of benzene rings is 1. The van der Waals surface area contributed by atoms with Gasteiger partial charge in [0.05, 0.1) is 0 Å². The van der Waals surface area contributed by atoms with Crippen molar-refractivity contribution in [2.45, 2.75) is 31.2 Å². The predicted octanol–water partition coefficient (Wildman–Crippen LogP) is 1.49. The average Bonchev–Trinajstić information content (AvgIpc) is 2.29. The molecule has 1 aromatic rings. The van der Waals surface area contributed by atoms with Gasteiger partial charge in [-0.25, -0.2) is 0 Å². The molecule has 0 amide bonds. The van der Waals surface area contributed by atoms with Crippen molar-refractivity contribution in [2.24, 2.45) is 0 Å². The molecule has 0 bridgehead atoms.